The molecule has 0 saturated heterocycles. The van der Waals surface area contributed by atoms with E-state index in [0.29, 0.717) is 17.9 Å². The number of fused-ring (bicyclic) bond motifs is 1. The minimum absolute atomic E-state index is 0.0349. The number of rotatable bonds is 6. The van der Waals surface area contributed by atoms with Gasteiger partial charge >= 0.3 is 5.97 Å². The van der Waals surface area contributed by atoms with Crippen molar-refractivity contribution in [2.75, 3.05) is 6.61 Å². The molecular formula is C19H17NO5. The second-order valence-electron chi connectivity index (χ2n) is 5.66. The fourth-order valence-corrected chi connectivity index (χ4v) is 2.89. The Morgan fingerprint density at radius 1 is 1.04 bits per heavy atom. The molecule has 0 aromatic heterocycles. The van der Waals surface area contributed by atoms with Crippen molar-refractivity contribution in [2.24, 2.45) is 0 Å². The van der Waals surface area contributed by atoms with Crippen molar-refractivity contribution in [1.82, 2.24) is 4.90 Å². The molecule has 1 N–H and O–H groups in total. The highest BCUT2D eigenvalue weighted by Gasteiger charge is 2.42. The fourth-order valence-electron chi connectivity index (χ4n) is 2.89. The Bertz CT molecular complexity index is 793. The van der Waals surface area contributed by atoms with Gasteiger partial charge in [0.05, 0.1) is 17.7 Å². The summed E-state index contributed by atoms with van der Waals surface area (Å²) in [6, 6.07) is 12.0. The number of ether oxygens (including phenoxy) is 1. The van der Waals surface area contributed by atoms with E-state index < -0.39 is 23.8 Å². The Labute approximate surface area is 144 Å². The molecular weight excluding hydrogens is 322 g/mol. The molecule has 1 unspecified atom stereocenters. The number of carbonyl (C=O) groups excluding carboxylic acids is 2. The van der Waals surface area contributed by atoms with Crippen LogP contribution < -0.4 is 4.74 Å². The molecule has 6 nitrogen and oxygen atoms in total. The maximum absolute atomic E-state index is 12.5. The highest BCUT2D eigenvalue weighted by Crippen LogP contribution is 2.26. The fraction of sp³-hybridized carbons (Fsp3) is 0.211. The molecule has 0 radical (unpaired) electrons. The number of benzene rings is 2. The van der Waals surface area contributed by atoms with E-state index in [4.69, 9.17) is 4.74 Å². The zero-order valence-electron chi connectivity index (χ0n) is 13.6. The van der Waals surface area contributed by atoms with Gasteiger partial charge in [0.25, 0.3) is 11.8 Å². The van der Waals surface area contributed by atoms with Gasteiger partial charge in [-0.15, -0.1) is 0 Å². The number of nitrogens with zero attached hydrogens (tertiary/aromatic N) is 1. The van der Waals surface area contributed by atoms with Crippen LogP contribution in [-0.4, -0.2) is 40.4 Å². The molecule has 0 fully saturated rings. The molecule has 2 aromatic rings. The average Bonchev–Trinajstić information content (AvgIpc) is 2.86. The standard InChI is InChI=1S/C19H17NO5/c1-2-25-13-9-7-12(8-10-13)11-16(19(23)24)20-17(21)14-5-3-4-6-15(14)18(20)22/h3-10,16H,2,11H2,1H3,(H,23,24). The Kier molecular flexibility index (Phi) is 4.52. The first kappa shape index (κ1) is 16.7. The largest absolute Gasteiger partial charge is 0.494 e. The predicted molar refractivity (Wildman–Crippen MR) is 89.7 cm³/mol. The minimum atomic E-state index is -1.26. The smallest absolute Gasteiger partial charge is 0.327 e. The second-order valence-corrected chi connectivity index (χ2v) is 5.66. The van der Waals surface area contributed by atoms with E-state index in [9.17, 15) is 19.5 Å². The second kappa shape index (κ2) is 6.76. The summed E-state index contributed by atoms with van der Waals surface area (Å²) in [6.07, 6.45) is 0.0349. The Morgan fingerprint density at radius 2 is 1.60 bits per heavy atom. The molecule has 1 aliphatic rings. The lowest BCUT2D eigenvalue weighted by Crippen LogP contribution is -2.46. The van der Waals surface area contributed by atoms with Gasteiger partial charge in [0.2, 0.25) is 0 Å². The molecule has 0 aliphatic carbocycles. The number of carbonyl (C=O) groups is 3. The van der Waals surface area contributed by atoms with E-state index in [1.54, 1.807) is 36.4 Å². The number of carboxylic acids is 1. The Morgan fingerprint density at radius 3 is 2.08 bits per heavy atom. The molecule has 0 spiro atoms. The summed E-state index contributed by atoms with van der Waals surface area (Å²) in [5.74, 6) is -1.68. The third kappa shape index (κ3) is 3.10. The first-order chi connectivity index (χ1) is 12.0. The van der Waals surface area contributed by atoms with E-state index in [0.717, 1.165) is 4.90 Å². The number of imide groups is 1. The SMILES string of the molecule is CCOc1ccc(CC(C(=O)O)N2C(=O)c3ccccc3C2=O)cc1. The van der Waals surface area contributed by atoms with Crippen LogP contribution in [0.4, 0.5) is 0 Å². The number of hydrogen-bond donors (Lipinski definition) is 1. The molecule has 128 valence electrons. The molecule has 3 rings (SSSR count). The predicted octanol–water partition coefficient (Wildman–Crippen LogP) is 2.38. The van der Waals surface area contributed by atoms with Gasteiger partial charge in [-0.1, -0.05) is 24.3 Å². The van der Waals surface area contributed by atoms with Gasteiger partial charge in [0, 0.05) is 6.42 Å². The van der Waals surface area contributed by atoms with Gasteiger partial charge in [-0.25, -0.2) is 4.79 Å². The van der Waals surface area contributed by atoms with Gasteiger partial charge in [-0.05, 0) is 36.8 Å². The summed E-state index contributed by atoms with van der Waals surface area (Å²) >= 11 is 0. The minimum Gasteiger partial charge on any atom is -0.494 e. The van der Waals surface area contributed by atoms with E-state index in [2.05, 4.69) is 0 Å². The summed E-state index contributed by atoms with van der Waals surface area (Å²) in [6.45, 7) is 2.41. The van der Waals surface area contributed by atoms with Gasteiger partial charge in [0.15, 0.2) is 0 Å². The summed E-state index contributed by atoms with van der Waals surface area (Å²) in [4.78, 5) is 37.6. The van der Waals surface area contributed by atoms with Crippen LogP contribution in [-0.2, 0) is 11.2 Å². The summed E-state index contributed by atoms with van der Waals surface area (Å²) in [5, 5.41) is 9.58. The molecule has 1 aliphatic heterocycles. The van der Waals surface area contributed by atoms with Crippen LogP contribution in [0.15, 0.2) is 48.5 Å². The van der Waals surface area contributed by atoms with Gasteiger partial charge in [-0.3, -0.25) is 14.5 Å². The quantitative estimate of drug-likeness (QED) is 0.817. The van der Waals surface area contributed by atoms with Crippen molar-refractivity contribution in [3.05, 3.63) is 65.2 Å². The molecule has 6 heteroatoms. The van der Waals surface area contributed by atoms with E-state index in [-0.39, 0.29) is 17.5 Å². The normalized spacial score (nSPS) is 14.4. The molecule has 1 atom stereocenters. The number of amides is 2. The lowest BCUT2D eigenvalue weighted by molar-refractivity contribution is -0.141. The van der Waals surface area contributed by atoms with E-state index in [1.807, 2.05) is 6.92 Å². The Hall–Kier alpha value is -3.15. The maximum atomic E-state index is 12.5. The highest BCUT2D eigenvalue weighted by molar-refractivity contribution is 6.22. The van der Waals surface area contributed by atoms with Crippen LogP contribution in [0, 0.1) is 0 Å². The van der Waals surface area contributed by atoms with Crippen LogP contribution in [0.1, 0.15) is 33.2 Å². The third-order valence-electron chi connectivity index (χ3n) is 4.09. The van der Waals surface area contributed by atoms with Crippen molar-refractivity contribution in [3.63, 3.8) is 0 Å². The molecule has 0 saturated carbocycles. The molecule has 2 amide bonds. The van der Waals surface area contributed by atoms with Gasteiger partial charge < -0.3 is 9.84 Å². The maximum Gasteiger partial charge on any atom is 0.327 e. The van der Waals surface area contributed by atoms with Crippen molar-refractivity contribution in [2.45, 2.75) is 19.4 Å². The van der Waals surface area contributed by atoms with Crippen molar-refractivity contribution < 1.29 is 24.2 Å². The lowest BCUT2D eigenvalue weighted by Gasteiger charge is -2.22. The zero-order valence-corrected chi connectivity index (χ0v) is 13.6. The summed E-state index contributed by atoms with van der Waals surface area (Å²) in [7, 11) is 0. The van der Waals surface area contributed by atoms with Crippen LogP contribution in [0.2, 0.25) is 0 Å². The van der Waals surface area contributed by atoms with E-state index >= 15 is 0 Å². The van der Waals surface area contributed by atoms with Crippen LogP contribution in [0.25, 0.3) is 0 Å². The zero-order chi connectivity index (χ0) is 18.0. The number of hydrogen-bond acceptors (Lipinski definition) is 4. The summed E-state index contributed by atoms with van der Waals surface area (Å²) in [5.41, 5.74) is 1.18. The van der Waals surface area contributed by atoms with Crippen molar-refractivity contribution in [1.29, 1.82) is 0 Å². The monoisotopic (exact) mass is 339 g/mol. The van der Waals surface area contributed by atoms with Gasteiger partial charge in [0.1, 0.15) is 11.8 Å². The lowest BCUT2D eigenvalue weighted by atomic mass is 10.0. The first-order valence-electron chi connectivity index (χ1n) is 7.94. The number of aliphatic carboxylic acids is 1. The molecule has 25 heavy (non-hydrogen) atoms. The molecule has 0 bridgehead atoms. The number of carboxylic acid groups (broad SMARTS) is 1. The molecule has 1 heterocycles. The van der Waals surface area contributed by atoms with Gasteiger partial charge in [-0.2, -0.15) is 0 Å². The van der Waals surface area contributed by atoms with Crippen molar-refractivity contribution in [3.8, 4) is 5.75 Å². The highest BCUT2D eigenvalue weighted by atomic mass is 16.5. The van der Waals surface area contributed by atoms with Crippen LogP contribution in [0.5, 0.6) is 5.75 Å². The van der Waals surface area contributed by atoms with E-state index in [1.165, 1.54) is 12.1 Å². The summed E-state index contributed by atoms with van der Waals surface area (Å²) < 4.78 is 5.35. The molecule has 2 aromatic carbocycles. The van der Waals surface area contributed by atoms with Crippen LogP contribution >= 0.6 is 0 Å². The first-order valence-corrected chi connectivity index (χ1v) is 7.94. The van der Waals surface area contributed by atoms with Crippen LogP contribution in [0.3, 0.4) is 0 Å². The van der Waals surface area contributed by atoms with Crippen molar-refractivity contribution >= 4 is 17.8 Å². The average molecular weight is 339 g/mol. The third-order valence-corrected chi connectivity index (χ3v) is 4.09. The topological polar surface area (TPSA) is 83.9 Å². The Balaban J connectivity index is 1.86.